The molecular formula is C19H27NO3. The summed E-state index contributed by atoms with van der Waals surface area (Å²) in [5.74, 6) is 2.07. The second-order valence-electron chi connectivity index (χ2n) is 6.44. The van der Waals surface area contributed by atoms with Crippen molar-refractivity contribution in [2.24, 2.45) is 5.92 Å². The van der Waals surface area contributed by atoms with E-state index in [2.05, 4.69) is 6.92 Å². The molecular weight excluding hydrogens is 290 g/mol. The second kappa shape index (κ2) is 8.04. The van der Waals surface area contributed by atoms with Crippen molar-refractivity contribution in [1.82, 2.24) is 4.90 Å². The van der Waals surface area contributed by atoms with E-state index in [4.69, 9.17) is 9.47 Å². The van der Waals surface area contributed by atoms with Crippen LogP contribution in [0.25, 0.3) is 6.08 Å². The molecule has 4 nitrogen and oxygen atoms in total. The third kappa shape index (κ3) is 5.02. The zero-order valence-electron chi connectivity index (χ0n) is 14.5. The van der Waals surface area contributed by atoms with Gasteiger partial charge in [0.1, 0.15) is 0 Å². The molecule has 0 radical (unpaired) electrons. The van der Waals surface area contributed by atoms with Crippen molar-refractivity contribution in [1.29, 1.82) is 0 Å². The second-order valence-corrected chi connectivity index (χ2v) is 6.44. The molecule has 1 unspecified atom stereocenters. The van der Waals surface area contributed by atoms with Gasteiger partial charge in [-0.25, -0.2) is 0 Å². The van der Waals surface area contributed by atoms with Gasteiger partial charge in [-0.2, -0.15) is 0 Å². The molecule has 1 fully saturated rings. The summed E-state index contributed by atoms with van der Waals surface area (Å²) < 4.78 is 11.1. The first kappa shape index (κ1) is 17.4. The number of carbonyl (C=O) groups is 1. The number of rotatable bonds is 5. The Kier molecular flexibility index (Phi) is 6.08. The van der Waals surface area contributed by atoms with Gasteiger partial charge in [0.15, 0.2) is 11.5 Å². The van der Waals surface area contributed by atoms with Gasteiger partial charge >= 0.3 is 0 Å². The van der Waals surface area contributed by atoms with E-state index < -0.39 is 0 Å². The van der Waals surface area contributed by atoms with Gasteiger partial charge in [-0.3, -0.25) is 4.79 Å². The van der Waals surface area contributed by atoms with Gasteiger partial charge in [0.25, 0.3) is 0 Å². The Morgan fingerprint density at radius 1 is 1.35 bits per heavy atom. The highest BCUT2D eigenvalue weighted by Gasteiger charge is 2.19. The summed E-state index contributed by atoms with van der Waals surface area (Å²) >= 11 is 0. The van der Waals surface area contributed by atoms with Crippen molar-refractivity contribution in [2.45, 2.75) is 39.7 Å². The number of likely N-dealkylation sites (tertiary alicyclic amines) is 1. The maximum Gasteiger partial charge on any atom is 0.246 e. The van der Waals surface area contributed by atoms with Crippen LogP contribution in [0.2, 0.25) is 0 Å². The van der Waals surface area contributed by atoms with Crippen LogP contribution < -0.4 is 9.47 Å². The fourth-order valence-electron chi connectivity index (χ4n) is 2.80. The zero-order valence-corrected chi connectivity index (χ0v) is 14.5. The molecule has 4 heteroatoms. The Labute approximate surface area is 139 Å². The highest BCUT2D eigenvalue weighted by atomic mass is 16.5. The number of amides is 1. The molecule has 0 N–H and O–H groups in total. The zero-order chi connectivity index (χ0) is 16.8. The van der Waals surface area contributed by atoms with Crippen LogP contribution >= 0.6 is 0 Å². The van der Waals surface area contributed by atoms with Crippen LogP contribution in [-0.2, 0) is 4.79 Å². The van der Waals surface area contributed by atoms with E-state index in [1.165, 1.54) is 6.42 Å². The molecule has 1 aromatic rings. The van der Waals surface area contributed by atoms with E-state index in [9.17, 15) is 4.79 Å². The van der Waals surface area contributed by atoms with Gasteiger partial charge in [-0.15, -0.1) is 0 Å². The molecule has 0 aromatic heterocycles. The minimum absolute atomic E-state index is 0.0815. The molecule has 1 aromatic carbocycles. The largest absolute Gasteiger partial charge is 0.493 e. The normalized spacial score (nSPS) is 18.5. The number of nitrogens with zero attached hydrogens (tertiary/aromatic N) is 1. The van der Waals surface area contributed by atoms with Crippen LogP contribution in [0.15, 0.2) is 24.3 Å². The molecule has 1 saturated heterocycles. The molecule has 1 heterocycles. The third-order valence-corrected chi connectivity index (χ3v) is 3.94. The quantitative estimate of drug-likeness (QED) is 0.776. The van der Waals surface area contributed by atoms with Gasteiger partial charge in [-0.1, -0.05) is 13.0 Å². The summed E-state index contributed by atoms with van der Waals surface area (Å²) in [5, 5.41) is 0. The summed E-state index contributed by atoms with van der Waals surface area (Å²) in [7, 11) is 1.62. The summed E-state index contributed by atoms with van der Waals surface area (Å²) in [5.41, 5.74) is 0.927. The molecule has 2 rings (SSSR count). The van der Waals surface area contributed by atoms with Gasteiger partial charge in [0.2, 0.25) is 5.91 Å². The van der Waals surface area contributed by atoms with Gasteiger partial charge in [0.05, 0.1) is 13.2 Å². The maximum atomic E-state index is 12.3. The summed E-state index contributed by atoms with van der Waals surface area (Å²) in [6, 6.07) is 5.70. The number of carbonyl (C=O) groups excluding carboxylic acids is 1. The fraction of sp³-hybridized carbons (Fsp3) is 0.526. The van der Waals surface area contributed by atoms with Crippen molar-refractivity contribution in [3.8, 4) is 11.5 Å². The van der Waals surface area contributed by atoms with Crippen molar-refractivity contribution in [2.75, 3.05) is 20.2 Å². The molecule has 0 bridgehead atoms. The molecule has 0 saturated carbocycles. The van der Waals surface area contributed by atoms with E-state index >= 15 is 0 Å². The average Bonchev–Trinajstić information content (AvgIpc) is 2.53. The lowest BCUT2D eigenvalue weighted by atomic mass is 10.0. The lowest BCUT2D eigenvalue weighted by Crippen LogP contribution is -2.38. The van der Waals surface area contributed by atoms with Crippen LogP contribution in [-0.4, -0.2) is 37.1 Å². The first-order chi connectivity index (χ1) is 11.0. The fourth-order valence-corrected chi connectivity index (χ4v) is 2.80. The molecule has 1 amide bonds. The molecule has 0 spiro atoms. The molecule has 1 aliphatic rings. The highest BCUT2D eigenvalue weighted by Crippen LogP contribution is 2.29. The summed E-state index contributed by atoms with van der Waals surface area (Å²) in [6.45, 7) is 7.87. The standard InChI is InChI=1S/C19H27NO3/c1-14(2)23-17-9-7-16(12-18(17)22-4)8-10-19(21)20-11-5-6-15(3)13-20/h7-10,12,14-15H,5-6,11,13H2,1-4H3. The van der Waals surface area contributed by atoms with Gasteiger partial charge in [0, 0.05) is 19.2 Å². The number of benzene rings is 1. The number of ether oxygens (including phenoxy) is 2. The van der Waals surface area contributed by atoms with Crippen LogP contribution in [0.4, 0.5) is 0 Å². The Balaban J connectivity index is 2.05. The van der Waals surface area contributed by atoms with Crippen LogP contribution in [0, 0.1) is 5.92 Å². The average molecular weight is 317 g/mol. The van der Waals surface area contributed by atoms with Crippen LogP contribution in [0.3, 0.4) is 0 Å². The maximum absolute atomic E-state index is 12.3. The predicted molar refractivity (Wildman–Crippen MR) is 92.8 cm³/mol. The summed E-state index contributed by atoms with van der Waals surface area (Å²) in [6.07, 6.45) is 5.88. The Morgan fingerprint density at radius 3 is 2.78 bits per heavy atom. The first-order valence-electron chi connectivity index (χ1n) is 8.31. The molecule has 1 aliphatic heterocycles. The van der Waals surface area contributed by atoms with E-state index in [-0.39, 0.29) is 12.0 Å². The molecule has 1 atom stereocenters. The topological polar surface area (TPSA) is 38.8 Å². The van der Waals surface area contributed by atoms with Gasteiger partial charge < -0.3 is 14.4 Å². The Morgan fingerprint density at radius 2 is 2.13 bits per heavy atom. The third-order valence-electron chi connectivity index (χ3n) is 3.94. The highest BCUT2D eigenvalue weighted by molar-refractivity contribution is 5.91. The lowest BCUT2D eigenvalue weighted by Gasteiger charge is -2.30. The van der Waals surface area contributed by atoms with E-state index in [0.717, 1.165) is 30.8 Å². The first-order valence-corrected chi connectivity index (χ1v) is 8.31. The number of hydrogen-bond acceptors (Lipinski definition) is 3. The SMILES string of the molecule is COc1cc(C=CC(=O)N2CCCC(C)C2)ccc1OC(C)C. The lowest BCUT2D eigenvalue weighted by molar-refractivity contribution is -0.127. The summed E-state index contributed by atoms with van der Waals surface area (Å²) in [4.78, 5) is 14.2. The monoisotopic (exact) mass is 317 g/mol. The number of methoxy groups -OCH3 is 1. The molecule has 23 heavy (non-hydrogen) atoms. The predicted octanol–water partition coefficient (Wildman–Crippen LogP) is 3.75. The van der Waals surface area contributed by atoms with Crippen LogP contribution in [0.5, 0.6) is 11.5 Å². The number of piperidine rings is 1. The minimum atomic E-state index is 0.0815. The van der Waals surface area contributed by atoms with Crippen molar-refractivity contribution < 1.29 is 14.3 Å². The van der Waals surface area contributed by atoms with Gasteiger partial charge in [-0.05, 0) is 56.4 Å². The van der Waals surface area contributed by atoms with E-state index in [1.807, 2.05) is 43.0 Å². The van der Waals surface area contributed by atoms with E-state index in [1.54, 1.807) is 13.2 Å². The molecule has 0 aliphatic carbocycles. The van der Waals surface area contributed by atoms with E-state index in [0.29, 0.717) is 11.7 Å². The van der Waals surface area contributed by atoms with Crippen molar-refractivity contribution in [3.05, 3.63) is 29.8 Å². The van der Waals surface area contributed by atoms with Crippen molar-refractivity contribution in [3.63, 3.8) is 0 Å². The van der Waals surface area contributed by atoms with Crippen LogP contribution in [0.1, 0.15) is 39.2 Å². The Hall–Kier alpha value is -1.97. The Bertz CT molecular complexity index is 566. The minimum Gasteiger partial charge on any atom is -0.493 e. The smallest absolute Gasteiger partial charge is 0.246 e. The van der Waals surface area contributed by atoms with Crippen molar-refractivity contribution >= 4 is 12.0 Å². The number of hydrogen-bond donors (Lipinski definition) is 0. The molecule has 126 valence electrons.